The minimum Gasteiger partial charge on any atom is -0.309 e. The first-order chi connectivity index (χ1) is 24.8. The van der Waals surface area contributed by atoms with Gasteiger partial charge in [-0.2, -0.15) is 0 Å². The number of hydrogen-bond donors (Lipinski definition) is 0. The summed E-state index contributed by atoms with van der Waals surface area (Å²) in [5.41, 5.74) is 8.64. The second-order valence-electron chi connectivity index (χ2n) is 12.5. The molecule has 0 amide bonds. The van der Waals surface area contributed by atoms with E-state index in [1.807, 2.05) is 30.3 Å². The van der Waals surface area contributed by atoms with Crippen molar-refractivity contribution in [3.63, 3.8) is 0 Å². The van der Waals surface area contributed by atoms with Crippen molar-refractivity contribution in [3.8, 4) is 51.0 Å². The molecule has 50 heavy (non-hydrogen) atoms. The standard InChI is InChI=1S/C45H28N4S/c1-2-11-30(12-3-1)43-46-44(48-45(47-43)33-23-26-38-37-17-6-9-20-41(37)50-42(38)28-33)32-14-10-13-31(27-32)29-21-24-34(25-22-29)49-39-18-7-4-15-35(39)36-16-5-8-19-40(36)49/h1-28H. The van der Waals surface area contributed by atoms with Crippen LogP contribution in [-0.2, 0) is 0 Å². The highest BCUT2D eigenvalue weighted by molar-refractivity contribution is 7.25. The van der Waals surface area contributed by atoms with Gasteiger partial charge >= 0.3 is 0 Å². The predicted molar refractivity (Wildman–Crippen MR) is 209 cm³/mol. The van der Waals surface area contributed by atoms with E-state index >= 15 is 0 Å². The first-order valence-electron chi connectivity index (χ1n) is 16.7. The van der Waals surface area contributed by atoms with Crippen LogP contribution in [0, 0.1) is 0 Å². The largest absolute Gasteiger partial charge is 0.309 e. The summed E-state index contributed by atoms with van der Waals surface area (Å²) in [6.45, 7) is 0. The van der Waals surface area contributed by atoms with E-state index in [4.69, 9.17) is 15.0 Å². The van der Waals surface area contributed by atoms with Gasteiger partial charge in [-0.25, -0.2) is 15.0 Å². The van der Waals surface area contributed by atoms with Gasteiger partial charge in [0.05, 0.1) is 11.0 Å². The number of rotatable bonds is 5. The summed E-state index contributed by atoms with van der Waals surface area (Å²) < 4.78 is 4.84. The second kappa shape index (κ2) is 11.6. The van der Waals surface area contributed by atoms with Gasteiger partial charge in [0.25, 0.3) is 0 Å². The van der Waals surface area contributed by atoms with Gasteiger partial charge in [-0.1, -0.05) is 127 Å². The van der Waals surface area contributed by atoms with Crippen molar-refractivity contribution in [1.29, 1.82) is 0 Å². The monoisotopic (exact) mass is 656 g/mol. The van der Waals surface area contributed by atoms with E-state index in [9.17, 15) is 0 Å². The molecule has 3 heterocycles. The van der Waals surface area contributed by atoms with Crippen molar-refractivity contribution >= 4 is 53.3 Å². The highest BCUT2D eigenvalue weighted by atomic mass is 32.1. The number of para-hydroxylation sites is 2. The van der Waals surface area contributed by atoms with Gasteiger partial charge in [0, 0.05) is 53.3 Å². The average Bonchev–Trinajstić information content (AvgIpc) is 3.74. The van der Waals surface area contributed by atoms with Crippen LogP contribution >= 0.6 is 11.3 Å². The Morgan fingerprint density at radius 1 is 0.340 bits per heavy atom. The second-order valence-corrected chi connectivity index (χ2v) is 13.6. The molecule has 0 fully saturated rings. The van der Waals surface area contributed by atoms with Crippen LogP contribution in [0.2, 0.25) is 0 Å². The molecule has 5 heteroatoms. The fourth-order valence-corrected chi connectivity index (χ4v) is 8.20. The van der Waals surface area contributed by atoms with E-state index in [0.717, 1.165) is 33.5 Å². The number of thiophene rings is 1. The zero-order valence-corrected chi connectivity index (χ0v) is 27.7. The summed E-state index contributed by atoms with van der Waals surface area (Å²) in [6, 6.07) is 59.8. The maximum atomic E-state index is 5.08. The van der Waals surface area contributed by atoms with Crippen LogP contribution in [0.1, 0.15) is 0 Å². The zero-order chi connectivity index (χ0) is 33.0. The molecule has 0 N–H and O–H groups in total. The van der Waals surface area contributed by atoms with Gasteiger partial charge in [-0.15, -0.1) is 11.3 Å². The number of aromatic nitrogens is 4. The van der Waals surface area contributed by atoms with Crippen LogP contribution in [0.3, 0.4) is 0 Å². The molecule has 10 aromatic rings. The maximum absolute atomic E-state index is 5.08. The predicted octanol–water partition coefficient (Wildman–Crippen LogP) is 12.0. The van der Waals surface area contributed by atoms with Gasteiger partial charge in [0.15, 0.2) is 17.5 Å². The smallest absolute Gasteiger partial charge is 0.164 e. The summed E-state index contributed by atoms with van der Waals surface area (Å²) in [5.74, 6) is 1.96. The van der Waals surface area contributed by atoms with Crippen molar-refractivity contribution in [2.24, 2.45) is 0 Å². The molecule has 0 atom stereocenters. The molecule has 3 aromatic heterocycles. The minimum absolute atomic E-state index is 0.647. The first kappa shape index (κ1) is 28.6. The van der Waals surface area contributed by atoms with Crippen LogP contribution in [0.5, 0.6) is 0 Å². The van der Waals surface area contributed by atoms with Gasteiger partial charge in [-0.3, -0.25) is 0 Å². The van der Waals surface area contributed by atoms with Gasteiger partial charge in [0.1, 0.15) is 0 Å². The van der Waals surface area contributed by atoms with Crippen LogP contribution in [0.15, 0.2) is 170 Å². The third-order valence-electron chi connectivity index (χ3n) is 9.46. The van der Waals surface area contributed by atoms with E-state index in [2.05, 4.69) is 144 Å². The molecule has 4 nitrogen and oxygen atoms in total. The fourth-order valence-electron chi connectivity index (χ4n) is 7.06. The van der Waals surface area contributed by atoms with E-state index in [1.165, 1.54) is 42.0 Å². The summed E-state index contributed by atoms with van der Waals surface area (Å²) in [4.78, 5) is 15.1. The van der Waals surface area contributed by atoms with Crippen molar-refractivity contribution in [1.82, 2.24) is 19.5 Å². The summed E-state index contributed by atoms with van der Waals surface area (Å²) in [7, 11) is 0. The number of fused-ring (bicyclic) bond motifs is 6. The first-order valence-corrected chi connectivity index (χ1v) is 17.5. The molecule has 0 radical (unpaired) electrons. The Morgan fingerprint density at radius 3 is 1.58 bits per heavy atom. The van der Waals surface area contributed by atoms with Crippen molar-refractivity contribution in [3.05, 3.63) is 170 Å². The summed E-state index contributed by atoms with van der Waals surface area (Å²) >= 11 is 1.80. The molecule has 0 unspecified atom stereocenters. The lowest BCUT2D eigenvalue weighted by Gasteiger charge is -2.11. The minimum atomic E-state index is 0.647. The Hall–Kier alpha value is -6.43. The highest BCUT2D eigenvalue weighted by Gasteiger charge is 2.15. The number of hydrogen-bond acceptors (Lipinski definition) is 4. The summed E-state index contributed by atoms with van der Waals surface area (Å²) in [5, 5.41) is 5.05. The van der Waals surface area contributed by atoms with Crippen LogP contribution in [-0.4, -0.2) is 19.5 Å². The lowest BCUT2D eigenvalue weighted by Crippen LogP contribution is -2.00. The van der Waals surface area contributed by atoms with E-state index in [1.54, 1.807) is 11.3 Å². The molecule has 10 rings (SSSR count). The maximum Gasteiger partial charge on any atom is 0.164 e. The Labute approximate surface area is 292 Å². The van der Waals surface area contributed by atoms with Crippen LogP contribution in [0.25, 0.3) is 93.0 Å². The third kappa shape index (κ3) is 4.79. The molecule has 0 aliphatic heterocycles. The average molecular weight is 657 g/mol. The van der Waals surface area contributed by atoms with E-state index < -0.39 is 0 Å². The molecule has 0 saturated carbocycles. The van der Waals surface area contributed by atoms with Gasteiger partial charge < -0.3 is 4.57 Å². The zero-order valence-electron chi connectivity index (χ0n) is 26.9. The topological polar surface area (TPSA) is 43.6 Å². The molecule has 0 spiro atoms. The molecule has 234 valence electrons. The molecule has 0 bridgehead atoms. The number of benzene rings is 7. The van der Waals surface area contributed by atoms with Crippen LogP contribution in [0.4, 0.5) is 0 Å². The summed E-state index contributed by atoms with van der Waals surface area (Å²) in [6.07, 6.45) is 0. The Kier molecular flexibility index (Phi) is 6.64. The molecule has 7 aromatic carbocycles. The van der Waals surface area contributed by atoms with Crippen molar-refractivity contribution in [2.45, 2.75) is 0 Å². The molecular formula is C45H28N4S. The molecule has 0 aliphatic rings. The Balaban J connectivity index is 1.06. The van der Waals surface area contributed by atoms with E-state index in [0.29, 0.717) is 17.5 Å². The van der Waals surface area contributed by atoms with Crippen molar-refractivity contribution in [2.75, 3.05) is 0 Å². The van der Waals surface area contributed by atoms with E-state index in [-0.39, 0.29) is 0 Å². The van der Waals surface area contributed by atoms with Crippen LogP contribution < -0.4 is 0 Å². The molecule has 0 aliphatic carbocycles. The fraction of sp³-hybridized carbons (Fsp3) is 0. The Morgan fingerprint density at radius 2 is 0.860 bits per heavy atom. The quantitative estimate of drug-likeness (QED) is 0.185. The SMILES string of the molecule is c1ccc(-c2nc(-c3cccc(-c4ccc(-n5c6ccccc6c6ccccc65)cc4)c3)nc(-c3ccc4c(c3)sc3ccccc34)n2)cc1. The van der Waals surface area contributed by atoms with Crippen molar-refractivity contribution < 1.29 is 0 Å². The Bertz CT molecular complexity index is 2810. The molecular weight excluding hydrogens is 629 g/mol. The highest BCUT2D eigenvalue weighted by Crippen LogP contribution is 2.37. The van der Waals surface area contributed by atoms with Gasteiger partial charge in [-0.05, 0) is 53.6 Å². The molecule has 0 saturated heterocycles. The lowest BCUT2D eigenvalue weighted by atomic mass is 10.0. The number of nitrogens with zero attached hydrogens (tertiary/aromatic N) is 4. The normalized spacial score (nSPS) is 11.6. The van der Waals surface area contributed by atoms with Gasteiger partial charge in [0.2, 0.25) is 0 Å². The lowest BCUT2D eigenvalue weighted by molar-refractivity contribution is 1.07. The third-order valence-corrected chi connectivity index (χ3v) is 10.6.